The normalized spacial score (nSPS) is 10.5. The molecule has 0 saturated heterocycles. The Balaban J connectivity index is 2.57. The minimum Gasteiger partial charge on any atom is -0.461 e. The van der Waals surface area contributed by atoms with Gasteiger partial charge in [-0.15, -0.1) is 0 Å². The molecule has 2 aromatic rings. The van der Waals surface area contributed by atoms with E-state index in [0.717, 1.165) is 16.6 Å². The molecule has 88 valence electrons. The van der Waals surface area contributed by atoms with E-state index >= 15 is 0 Å². The molecule has 0 radical (unpaired) electrons. The molecular formula is C13H14N2O2. The smallest absolute Gasteiger partial charge is 0.358 e. The van der Waals surface area contributed by atoms with Gasteiger partial charge in [-0.3, -0.25) is 0 Å². The average Bonchev–Trinajstić information content (AvgIpc) is 2.29. The van der Waals surface area contributed by atoms with E-state index in [1.807, 2.05) is 25.1 Å². The number of carbonyl (C=O) groups is 1. The van der Waals surface area contributed by atoms with E-state index in [2.05, 4.69) is 9.97 Å². The number of ether oxygens (including phenoxy) is 1. The number of rotatable bonds is 2. The highest BCUT2D eigenvalue weighted by molar-refractivity contribution is 5.91. The second kappa shape index (κ2) is 4.49. The SMILES string of the molecule is CCOC(=O)c1nc2cc(C)ccc2nc1C. The molecule has 0 fully saturated rings. The molecule has 1 aromatic heterocycles. The lowest BCUT2D eigenvalue weighted by Crippen LogP contribution is -2.10. The van der Waals surface area contributed by atoms with Crippen LogP contribution in [-0.2, 0) is 4.74 Å². The Labute approximate surface area is 99.7 Å². The second-order valence-electron chi connectivity index (χ2n) is 3.87. The number of hydrogen-bond acceptors (Lipinski definition) is 4. The van der Waals surface area contributed by atoms with Crippen molar-refractivity contribution in [2.75, 3.05) is 6.61 Å². The molecule has 0 aliphatic carbocycles. The predicted molar refractivity (Wildman–Crippen MR) is 65.0 cm³/mol. The summed E-state index contributed by atoms with van der Waals surface area (Å²) in [6.45, 7) is 5.85. The van der Waals surface area contributed by atoms with Gasteiger partial charge in [-0.05, 0) is 38.5 Å². The first kappa shape index (κ1) is 11.5. The van der Waals surface area contributed by atoms with Crippen LogP contribution in [-0.4, -0.2) is 22.5 Å². The number of aryl methyl sites for hydroxylation is 2. The van der Waals surface area contributed by atoms with Gasteiger partial charge in [0, 0.05) is 0 Å². The molecule has 4 heteroatoms. The van der Waals surface area contributed by atoms with Crippen molar-refractivity contribution < 1.29 is 9.53 Å². The Morgan fingerprint density at radius 1 is 1.24 bits per heavy atom. The highest BCUT2D eigenvalue weighted by Gasteiger charge is 2.14. The molecule has 0 atom stereocenters. The highest BCUT2D eigenvalue weighted by atomic mass is 16.5. The van der Waals surface area contributed by atoms with Gasteiger partial charge in [0.1, 0.15) is 0 Å². The lowest BCUT2D eigenvalue weighted by atomic mass is 10.2. The van der Waals surface area contributed by atoms with Gasteiger partial charge in [0.15, 0.2) is 5.69 Å². The fourth-order valence-electron chi connectivity index (χ4n) is 1.65. The van der Waals surface area contributed by atoms with Crippen molar-refractivity contribution in [2.45, 2.75) is 20.8 Å². The summed E-state index contributed by atoms with van der Waals surface area (Å²) in [6, 6.07) is 5.78. The van der Waals surface area contributed by atoms with Crippen molar-refractivity contribution in [3.8, 4) is 0 Å². The number of benzene rings is 1. The van der Waals surface area contributed by atoms with E-state index in [1.165, 1.54) is 0 Å². The number of nitrogens with zero attached hydrogens (tertiary/aromatic N) is 2. The number of carbonyl (C=O) groups excluding carboxylic acids is 1. The topological polar surface area (TPSA) is 52.1 Å². The Morgan fingerprint density at radius 2 is 2.00 bits per heavy atom. The molecule has 0 aliphatic rings. The number of hydrogen-bond donors (Lipinski definition) is 0. The molecule has 1 heterocycles. The largest absolute Gasteiger partial charge is 0.461 e. The van der Waals surface area contributed by atoms with Crippen LogP contribution in [0.25, 0.3) is 11.0 Å². The Bertz CT molecular complexity index is 579. The third kappa shape index (κ3) is 2.25. The molecule has 0 aliphatic heterocycles. The molecule has 0 spiro atoms. The summed E-state index contributed by atoms with van der Waals surface area (Å²) >= 11 is 0. The van der Waals surface area contributed by atoms with Crippen molar-refractivity contribution in [2.24, 2.45) is 0 Å². The van der Waals surface area contributed by atoms with E-state index < -0.39 is 5.97 Å². The fourth-order valence-corrected chi connectivity index (χ4v) is 1.65. The predicted octanol–water partition coefficient (Wildman–Crippen LogP) is 2.42. The average molecular weight is 230 g/mol. The molecular weight excluding hydrogens is 216 g/mol. The summed E-state index contributed by atoms with van der Waals surface area (Å²) in [7, 11) is 0. The Morgan fingerprint density at radius 3 is 2.71 bits per heavy atom. The summed E-state index contributed by atoms with van der Waals surface area (Å²) in [4.78, 5) is 20.3. The van der Waals surface area contributed by atoms with Crippen molar-refractivity contribution in [1.82, 2.24) is 9.97 Å². The summed E-state index contributed by atoms with van der Waals surface area (Å²) in [6.07, 6.45) is 0. The van der Waals surface area contributed by atoms with Crippen LogP contribution in [0.15, 0.2) is 18.2 Å². The second-order valence-corrected chi connectivity index (χ2v) is 3.87. The van der Waals surface area contributed by atoms with E-state index in [9.17, 15) is 4.79 Å². The Kier molecular flexibility index (Phi) is 3.04. The molecule has 1 aromatic carbocycles. The zero-order chi connectivity index (χ0) is 12.4. The van der Waals surface area contributed by atoms with Crippen LogP contribution in [0, 0.1) is 13.8 Å². The third-order valence-corrected chi connectivity index (χ3v) is 2.46. The third-order valence-electron chi connectivity index (χ3n) is 2.46. The molecule has 0 saturated carbocycles. The van der Waals surface area contributed by atoms with Crippen LogP contribution in [0.2, 0.25) is 0 Å². The van der Waals surface area contributed by atoms with Crippen LogP contribution < -0.4 is 0 Å². The van der Waals surface area contributed by atoms with Gasteiger partial charge in [0.2, 0.25) is 0 Å². The van der Waals surface area contributed by atoms with E-state index in [4.69, 9.17) is 4.74 Å². The summed E-state index contributed by atoms with van der Waals surface area (Å²) in [5, 5.41) is 0. The summed E-state index contributed by atoms with van der Waals surface area (Å²) in [5.74, 6) is -0.416. The van der Waals surface area contributed by atoms with Crippen molar-refractivity contribution in [3.05, 3.63) is 35.2 Å². The molecule has 4 nitrogen and oxygen atoms in total. The number of esters is 1. The standard InChI is InChI=1S/C13H14N2O2/c1-4-17-13(16)12-9(3)14-10-6-5-8(2)7-11(10)15-12/h5-7H,4H2,1-3H3. The van der Waals surface area contributed by atoms with Gasteiger partial charge in [-0.2, -0.15) is 0 Å². The molecule has 17 heavy (non-hydrogen) atoms. The lowest BCUT2D eigenvalue weighted by molar-refractivity contribution is 0.0518. The van der Waals surface area contributed by atoms with Crippen molar-refractivity contribution in [1.29, 1.82) is 0 Å². The van der Waals surface area contributed by atoms with Crippen LogP contribution in [0.5, 0.6) is 0 Å². The zero-order valence-electron chi connectivity index (χ0n) is 10.2. The molecule has 0 bridgehead atoms. The van der Waals surface area contributed by atoms with Gasteiger partial charge >= 0.3 is 5.97 Å². The minimum atomic E-state index is -0.416. The molecule has 0 amide bonds. The Hall–Kier alpha value is -1.97. The van der Waals surface area contributed by atoms with Gasteiger partial charge in [0.25, 0.3) is 0 Å². The summed E-state index contributed by atoms with van der Waals surface area (Å²) in [5.41, 5.74) is 3.50. The first-order valence-electron chi connectivity index (χ1n) is 5.54. The summed E-state index contributed by atoms with van der Waals surface area (Å²) < 4.78 is 4.95. The van der Waals surface area contributed by atoms with Gasteiger partial charge < -0.3 is 4.74 Å². The lowest BCUT2D eigenvalue weighted by Gasteiger charge is -2.06. The molecule has 0 N–H and O–H groups in total. The number of fused-ring (bicyclic) bond motifs is 1. The first-order chi connectivity index (χ1) is 8.11. The molecule has 0 unspecified atom stereocenters. The maximum absolute atomic E-state index is 11.7. The number of aromatic nitrogens is 2. The van der Waals surface area contributed by atoms with E-state index in [0.29, 0.717) is 18.0 Å². The quantitative estimate of drug-likeness (QED) is 0.743. The van der Waals surface area contributed by atoms with Crippen LogP contribution in [0.3, 0.4) is 0 Å². The first-order valence-corrected chi connectivity index (χ1v) is 5.54. The highest BCUT2D eigenvalue weighted by Crippen LogP contribution is 2.15. The van der Waals surface area contributed by atoms with E-state index in [1.54, 1.807) is 13.8 Å². The van der Waals surface area contributed by atoms with Gasteiger partial charge in [-0.1, -0.05) is 6.07 Å². The van der Waals surface area contributed by atoms with Crippen molar-refractivity contribution >= 4 is 17.0 Å². The zero-order valence-corrected chi connectivity index (χ0v) is 10.2. The van der Waals surface area contributed by atoms with Crippen LogP contribution in [0.1, 0.15) is 28.7 Å². The minimum absolute atomic E-state index is 0.296. The van der Waals surface area contributed by atoms with Crippen LogP contribution in [0.4, 0.5) is 0 Å². The maximum atomic E-state index is 11.7. The van der Waals surface area contributed by atoms with E-state index in [-0.39, 0.29) is 0 Å². The maximum Gasteiger partial charge on any atom is 0.358 e. The van der Waals surface area contributed by atoms with Gasteiger partial charge in [-0.25, -0.2) is 14.8 Å². The van der Waals surface area contributed by atoms with Gasteiger partial charge in [0.05, 0.1) is 23.3 Å². The fraction of sp³-hybridized carbons (Fsp3) is 0.308. The monoisotopic (exact) mass is 230 g/mol. The van der Waals surface area contributed by atoms with Crippen LogP contribution >= 0.6 is 0 Å². The van der Waals surface area contributed by atoms with Crippen molar-refractivity contribution in [3.63, 3.8) is 0 Å². The molecule has 2 rings (SSSR count).